The minimum atomic E-state index is 0.0716. The summed E-state index contributed by atoms with van der Waals surface area (Å²) >= 11 is 0. The van der Waals surface area contributed by atoms with E-state index in [-0.39, 0.29) is 28.7 Å². The number of amides is 2. The van der Waals surface area contributed by atoms with Crippen LogP contribution in [0.5, 0.6) is 0 Å². The standard InChI is InChI=1S/C23H36N2O2/c1-5-25(6-2)21(27)18-9-8-16-15-7-10-19-23(4,14-12-20(26)24-19)17(15)11-13-22(16,18)3/h12,14-19H,5-11,13H2,1-4H3,(H,24,26)/t15-,16-,17+,18?,19?,22-,23+/m0/s1. The van der Waals surface area contributed by atoms with Crippen LogP contribution in [0.3, 0.4) is 0 Å². The summed E-state index contributed by atoms with van der Waals surface area (Å²) in [7, 11) is 0. The molecule has 3 saturated carbocycles. The van der Waals surface area contributed by atoms with Crippen molar-refractivity contribution < 1.29 is 9.59 Å². The highest BCUT2D eigenvalue weighted by atomic mass is 16.2. The second-order valence-corrected chi connectivity index (χ2v) is 9.90. The molecule has 4 rings (SSSR count). The predicted octanol–water partition coefficient (Wildman–Crippen LogP) is 3.77. The molecule has 1 aliphatic heterocycles. The lowest BCUT2D eigenvalue weighted by Crippen LogP contribution is -2.59. The van der Waals surface area contributed by atoms with E-state index in [1.165, 1.54) is 19.3 Å². The SMILES string of the molecule is CCN(CC)C(=O)C1CC[C@H]2[C@@H]3CCC4NC(=O)C=C[C@]4(C)[C@@H]3CC[C@]12C. The van der Waals surface area contributed by atoms with E-state index in [1.54, 1.807) is 6.08 Å². The van der Waals surface area contributed by atoms with Gasteiger partial charge in [0.15, 0.2) is 0 Å². The van der Waals surface area contributed by atoms with Gasteiger partial charge in [0.25, 0.3) is 0 Å². The molecule has 150 valence electrons. The topological polar surface area (TPSA) is 49.4 Å². The molecule has 3 aliphatic carbocycles. The van der Waals surface area contributed by atoms with Crippen LogP contribution >= 0.6 is 0 Å². The molecule has 3 fully saturated rings. The van der Waals surface area contributed by atoms with E-state index in [4.69, 9.17) is 0 Å². The van der Waals surface area contributed by atoms with Crippen LogP contribution in [-0.2, 0) is 9.59 Å². The first-order chi connectivity index (χ1) is 12.8. The summed E-state index contributed by atoms with van der Waals surface area (Å²) in [5, 5.41) is 3.23. The second kappa shape index (κ2) is 6.63. The summed E-state index contributed by atoms with van der Waals surface area (Å²) in [4.78, 5) is 27.1. The zero-order chi connectivity index (χ0) is 19.4. The summed E-state index contributed by atoms with van der Waals surface area (Å²) in [6.07, 6.45) is 10.9. The number of nitrogens with one attached hydrogen (secondary N) is 1. The van der Waals surface area contributed by atoms with Gasteiger partial charge in [-0.1, -0.05) is 19.9 Å². The van der Waals surface area contributed by atoms with Gasteiger partial charge in [0.2, 0.25) is 11.8 Å². The number of rotatable bonds is 3. The highest BCUT2D eigenvalue weighted by molar-refractivity contribution is 5.89. The Morgan fingerprint density at radius 2 is 1.85 bits per heavy atom. The minimum Gasteiger partial charge on any atom is -0.349 e. The van der Waals surface area contributed by atoms with Crippen molar-refractivity contribution in [1.29, 1.82) is 0 Å². The maximum Gasteiger partial charge on any atom is 0.243 e. The van der Waals surface area contributed by atoms with Crippen molar-refractivity contribution >= 4 is 11.8 Å². The third-order valence-electron chi connectivity index (χ3n) is 9.06. The van der Waals surface area contributed by atoms with Gasteiger partial charge in [-0.05, 0) is 81.6 Å². The average Bonchev–Trinajstić information content (AvgIpc) is 3.00. The molecule has 0 aromatic rings. The maximum atomic E-state index is 13.2. The molecule has 4 aliphatic rings. The molecule has 1 heterocycles. The van der Waals surface area contributed by atoms with Gasteiger partial charge in [-0.25, -0.2) is 0 Å². The molecule has 0 aromatic heterocycles. The number of fused-ring (bicyclic) bond motifs is 5. The Hall–Kier alpha value is -1.32. The van der Waals surface area contributed by atoms with Gasteiger partial charge in [-0.2, -0.15) is 0 Å². The van der Waals surface area contributed by atoms with E-state index in [9.17, 15) is 9.59 Å². The van der Waals surface area contributed by atoms with Crippen molar-refractivity contribution in [2.24, 2.45) is 34.5 Å². The molecule has 0 saturated heterocycles. The van der Waals surface area contributed by atoms with Gasteiger partial charge in [-0.3, -0.25) is 9.59 Å². The van der Waals surface area contributed by atoms with Crippen molar-refractivity contribution in [3.05, 3.63) is 12.2 Å². The van der Waals surface area contributed by atoms with Crippen molar-refractivity contribution in [3.8, 4) is 0 Å². The first-order valence-corrected chi connectivity index (χ1v) is 11.1. The fraction of sp³-hybridized carbons (Fsp3) is 0.826. The normalized spacial score (nSPS) is 45.5. The average molecular weight is 373 g/mol. The van der Waals surface area contributed by atoms with E-state index in [0.717, 1.165) is 32.4 Å². The van der Waals surface area contributed by atoms with Crippen molar-refractivity contribution in [2.75, 3.05) is 13.1 Å². The number of carbonyl (C=O) groups excluding carboxylic acids is 2. The number of hydrogen-bond acceptors (Lipinski definition) is 2. The Morgan fingerprint density at radius 3 is 2.56 bits per heavy atom. The van der Waals surface area contributed by atoms with Crippen molar-refractivity contribution in [2.45, 2.75) is 72.3 Å². The molecule has 2 unspecified atom stereocenters. The Labute approximate surface area is 164 Å². The maximum absolute atomic E-state index is 13.2. The molecule has 0 spiro atoms. The Kier molecular flexibility index (Phi) is 4.67. The molecule has 0 bridgehead atoms. The van der Waals surface area contributed by atoms with Gasteiger partial charge in [0.1, 0.15) is 0 Å². The number of nitrogens with zero attached hydrogens (tertiary/aromatic N) is 1. The second-order valence-electron chi connectivity index (χ2n) is 9.90. The van der Waals surface area contributed by atoms with E-state index in [1.807, 2.05) is 4.90 Å². The van der Waals surface area contributed by atoms with Crippen LogP contribution in [0.4, 0.5) is 0 Å². The first-order valence-electron chi connectivity index (χ1n) is 11.1. The Balaban J connectivity index is 1.60. The van der Waals surface area contributed by atoms with E-state index < -0.39 is 0 Å². The van der Waals surface area contributed by atoms with Crippen LogP contribution in [0, 0.1) is 34.5 Å². The van der Waals surface area contributed by atoms with Gasteiger partial charge in [0, 0.05) is 30.5 Å². The van der Waals surface area contributed by atoms with Crippen LogP contribution in [0.15, 0.2) is 12.2 Å². The monoisotopic (exact) mass is 372 g/mol. The summed E-state index contributed by atoms with van der Waals surface area (Å²) in [6, 6.07) is 0.287. The van der Waals surface area contributed by atoms with Crippen LogP contribution in [0.1, 0.15) is 66.2 Å². The largest absolute Gasteiger partial charge is 0.349 e. The Bertz CT molecular complexity index is 655. The number of carbonyl (C=O) groups is 2. The van der Waals surface area contributed by atoms with Gasteiger partial charge < -0.3 is 10.2 Å². The van der Waals surface area contributed by atoms with Gasteiger partial charge in [0.05, 0.1) is 0 Å². The zero-order valence-electron chi connectivity index (χ0n) is 17.5. The third-order valence-corrected chi connectivity index (χ3v) is 9.06. The molecular weight excluding hydrogens is 336 g/mol. The molecule has 4 heteroatoms. The predicted molar refractivity (Wildman–Crippen MR) is 107 cm³/mol. The van der Waals surface area contributed by atoms with Gasteiger partial charge in [-0.15, -0.1) is 0 Å². The summed E-state index contributed by atoms with van der Waals surface area (Å²) in [5.74, 6) is 2.66. The molecular formula is C23H36N2O2. The van der Waals surface area contributed by atoms with Crippen LogP contribution in [-0.4, -0.2) is 35.8 Å². The molecule has 0 radical (unpaired) electrons. The lowest BCUT2D eigenvalue weighted by Gasteiger charge is -2.58. The third kappa shape index (κ3) is 2.69. The fourth-order valence-corrected chi connectivity index (χ4v) is 7.49. The quantitative estimate of drug-likeness (QED) is 0.820. The van der Waals surface area contributed by atoms with Crippen molar-refractivity contribution in [3.63, 3.8) is 0 Å². The Morgan fingerprint density at radius 1 is 1.11 bits per heavy atom. The van der Waals surface area contributed by atoms with E-state index >= 15 is 0 Å². The number of hydrogen-bond donors (Lipinski definition) is 1. The van der Waals surface area contributed by atoms with Crippen molar-refractivity contribution in [1.82, 2.24) is 10.2 Å². The van der Waals surface area contributed by atoms with Crippen LogP contribution in [0.25, 0.3) is 0 Å². The summed E-state index contributed by atoms with van der Waals surface area (Å²) in [5.41, 5.74) is 0.241. The minimum absolute atomic E-state index is 0.0716. The van der Waals surface area contributed by atoms with Crippen LogP contribution in [0.2, 0.25) is 0 Å². The smallest absolute Gasteiger partial charge is 0.243 e. The molecule has 4 nitrogen and oxygen atoms in total. The summed E-state index contributed by atoms with van der Waals surface area (Å²) < 4.78 is 0. The molecule has 1 N–H and O–H groups in total. The fourth-order valence-electron chi connectivity index (χ4n) is 7.49. The zero-order valence-corrected chi connectivity index (χ0v) is 17.5. The molecule has 2 amide bonds. The van der Waals surface area contributed by atoms with Crippen LogP contribution < -0.4 is 5.32 Å². The lowest BCUT2D eigenvalue weighted by molar-refractivity contribution is -0.143. The highest BCUT2D eigenvalue weighted by Gasteiger charge is 2.61. The molecule has 0 aromatic carbocycles. The van der Waals surface area contributed by atoms with Gasteiger partial charge >= 0.3 is 0 Å². The molecule has 27 heavy (non-hydrogen) atoms. The van der Waals surface area contributed by atoms with E-state index in [2.05, 4.69) is 39.1 Å². The summed E-state index contributed by atoms with van der Waals surface area (Å²) in [6.45, 7) is 10.6. The lowest BCUT2D eigenvalue weighted by atomic mass is 9.48. The van der Waals surface area contributed by atoms with E-state index in [0.29, 0.717) is 23.7 Å². The molecule has 7 atom stereocenters. The first kappa shape index (κ1) is 19.0. The highest BCUT2D eigenvalue weighted by Crippen LogP contribution is 2.65.